The van der Waals surface area contributed by atoms with Crippen molar-refractivity contribution < 1.29 is 29.0 Å². The number of carbonyl (C=O) groups excluding carboxylic acids is 4. The van der Waals surface area contributed by atoms with Gasteiger partial charge in [0, 0.05) is 34.3 Å². The Morgan fingerprint density at radius 2 is 1.64 bits per heavy atom. The Balaban J connectivity index is 1.27. The lowest BCUT2D eigenvalue weighted by atomic mass is 9.59. The number of carbonyl (C=O) groups is 4. The zero-order chi connectivity index (χ0) is 31.4. The van der Waals surface area contributed by atoms with Crippen LogP contribution in [0.15, 0.2) is 107 Å². The molecule has 45 heavy (non-hydrogen) atoms. The summed E-state index contributed by atoms with van der Waals surface area (Å²) in [7, 11) is 0. The highest BCUT2D eigenvalue weighted by molar-refractivity contribution is 6.25. The number of phenolic OH excluding ortho intramolecular Hbond substituents is 1. The van der Waals surface area contributed by atoms with Gasteiger partial charge in [-0.1, -0.05) is 67.1 Å². The average Bonchev–Trinajstić information content (AvgIpc) is 3.31. The monoisotopic (exact) mass is 599 g/mol. The number of Topliss-reactive ketones (excluding diaryl/α,β-unsaturated/α-hetero) is 1. The van der Waals surface area contributed by atoms with Crippen molar-refractivity contribution >= 4 is 29.1 Å². The zero-order valence-corrected chi connectivity index (χ0v) is 25.2. The van der Waals surface area contributed by atoms with Crippen LogP contribution in [0.1, 0.15) is 49.3 Å². The summed E-state index contributed by atoms with van der Waals surface area (Å²) in [5, 5.41) is 11.4. The Hall–Kier alpha value is -5.04. The molecule has 7 rings (SSSR count). The first-order chi connectivity index (χ1) is 21.8. The lowest BCUT2D eigenvalue weighted by Crippen LogP contribution is -2.39. The minimum atomic E-state index is -0.733. The largest absolute Gasteiger partial charge is 0.507 e. The quantitative estimate of drug-likeness (QED) is 0.207. The Bertz CT molecular complexity index is 1850. The number of aryl methyl sites for hydroxylation is 1. The van der Waals surface area contributed by atoms with Crippen LogP contribution in [0.2, 0.25) is 0 Å². The maximum atomic E-state index is 14.1. The second kappa shape index (κ2) is 11.1. The normalized spacial score (nSPS) is 24.2. The minimum Gasteiger partial charge on any atom is -0.507 e. The molecule has 7 nitrogen and oxygen atoms in total. The van der Waals surface area contributed by atoms with Crippen molar-refractivity contribution in [3.63, 3.8) is 0 Å². The van der Waals surface area contributed by atoms with Crippen LogP contribution in [-0.4, -0.2) is 28.5 Å². The molecule has 3 aromatic carbocycles. The van der Waals surface area contributed by atoms with E-state index in [4.69, 9.17) is 4.74 Å². The molecule has 0 saturated carbocycles. The molecule has 1 heterocycles. The Morgan fingerprint density at radius 3 is 2.36 bits per heavy atom. The van der Waals surface area contributed by atoms with Crippen LogP contribution < -0.4 is 9.64 Å². The van der Waals surface area contributed by atoms with Gasteiger partial charge in [0.25, 0.3) is 0 Å². The molecular weight excluding hydrogens is 566 g/mol. The second-order valence-corrected chi connectivity index (χ2v) is 12.3. The van der Waals surface area contributed by atoms with Gasteiger partial charge in [-0.15, -0.1) is 0 Å². The highest BCUT2D eigenvalue weighted by Crippen LogP contribution is 2.56. The van der Waals surface area contributed by atoms with Gasteiger partial charge in [-0.25, -0.2) is 0 Å². The summed E-state index contributed by atoms with van der Waals surface area (Å²) in [4.78, 5) is 56.2. The molecule has 1 saturated heterocycles. The number of hydrogen-bond donors (Lipinski definition) is 1. The van der Waals surface area contributed by atoms with Crippen molar-refractivity contribution in [2.45, 2.75) is 45.6 Å². The number of rotatable bonds is 6. The van der Waals surface area contributed by atoms with Crippen LogP contribution in [0.5, 0.6) is 11.5 Å². The van der Waals surface area contributed by atoms with Crippen LogP contribution in [0.4, 0.5) is 5.69 Å². The average molecular weight is 600 g/mol. The van der Waals surface area contributed by atoms with Crippen LogP contribution >= 0.6 is 0 Å². The maximum absolute atomic E-state index is 14.1. The predicted octanol–water partition coefficient (Wildman–Crippen LogP) is 6.17. The molecular formula is C38H33NO6. The van der Waals surface area contributed by atoms with E-state index in [1.54, 1.807) is 31.2 Å². The van der Waals surface area contributed by atoms with E-state index in [0.717, 1.165) is 23.1 Å². The standard InChI is InChI=1S/C38H33NO6/c1-3-22-9-11-24(12-10-22)39-37(43)28-16-15-26-29(34(28)38(39)44)19-30-31(40)17-21(2)36(42)35(30)33(26)27-14-13-25(18-32(27)41)45-20-23-7-5-4-6-8-23/h4-15,17-18,28-29,33-34,41H,3,16,19-20H2,1-2H3. The number of anilines is 1. The topological polar surface area (TPSA) is 101 Å². The molecule has 1 fully saturated rings. The van der Waals surface area contributed by atoms with E-state index in [2.05, 4.69) is 0 Å². The van der Waals surface area contributed by atoms with E-state index in [0.29, 0.717) is 46.7 Å². The fraction of sp³-hybridized carbons (Fsp3) is 0.263. The number of imide groups is 1. The fourth-order valence-electron chi connectivity index (χ4n) is 7.45. The third-order valence-electron chi connectivity index (χ3n) is 9.73. The molecule has 3 aliphatic carbocycles. The highest BCUT2D eigenvalue weighted by atomic mass is 16.5. The van der Waals surface area contributed by atoms with Gasteiger partial charge in [0.05, 0.1) is 17.5 Å². The van der Waals surface area contributed by atoms with Crippen molar-refractivity contribution in [2.24, 2.45) is 17.8 Å². The van der Waals surface area contributed by atoms with E-state index >= 15 is 0 Å². The van der Waals surface area contributed by atoms with Gasteiger partial charge < -0.3 is 9.84 Å². The van der Waals surface area contributed by atoms with E-state index in [1.807, 2.05) is 55.5 Å². The molecule has 0 radical (unpaired) electrons. The highest BCUT2D eigenvalue weighted by Gasteiger charge is 2.56. The molecule has 0 spiro atoms. The molecule has 226 valence electrons. The lowest BCUT2D eigenvalue weighted by molar-refractivity contribution is -0.123. The number of nitrogens with zero attached hydrogens (tertiary/aromatic N) is 1. The summed E-state index contributed by atoms with van der Waals surface area (Å²) in [6.45, 7) is 3.99. The molecule has 7 heteroatoms. The van der Waals surface area contributed by atoms with Crippen LogP contribution in [0, 0.1) is 17.8 Å². The molecule has 3 aromatic rings. The molecule has 1 aliphatic heterocycles. The van der Waals surface area contributed by atoms with Gasteiger partial charge in [-0.3, -0.25) is 24.1 Å². The van der Waals surface area contributed by atoms with Crippen LogP contribution in [0.3, 0.4) is 0 Å². The number of benzene rings is 3. The summed E-state index contributed by atoms with van der Waals surface area (Å²) >= 11 is 0. The molecule has 4 aliphatic rings. The number of fused-ring (bicyclic) bond motifs is 3. The molecule has 0 aromatic heterocycles. The van der Waals surface area contributed by atoms with Gasteiger partial charge in [0.1, 0.15) is 18.1 Å². The summed E-state index contributed by atoms with van der Waals surface area (Å²) in [5.74, 6) is -3.09. The number of aromatic hydroxyl groups is 1. The molecule has 1 N–H and O–H groups in total. The molecule has 2 amide bonds. The minimum absolute atomic E-state index is 0.0694. The summed E-state index contributed by atoms with van der Waals surface area (Å²) < 4.78 is 5.93. The number of ether oxygens (including phenoxy) is 1. The predicted molar refractivity (Wildman–Crippen MR) is 169 cm³/mol. The number of hydrogen-bond acceptors (Lipinski definition) is 6. The van der Waals surface area contributed by atoms with Gasteiger partial charge >= 0.3 is 0 Å². The van der Waals surface area contributed by atoms with Crippen molar-refractivity contribution in [1.82, 2.24) is 0 Å². The van der Waals surface area contributed by atoms with Crippen molar-refractivity contribution in [2.75, 3.05) is 4.90 Å². The van der Waals surface area contributed by atoms with Crippen LogP contribution in [-0.2, 0) is 32.2 Å². The smallest absolute Gasteiger partial charge is 0.238 e. The third kappa shape index (κ3) is 4.74. The van der Waals surface area contributed by atoms with Gasteiger partial charge in [-0.2, -0.15) is 0 Å². The number of allylic oxidation sites excluding steroid dienone is 6. The lowest BCUT2D eigenvalue weighted by Gasteiger charge is -2.42. The Labute approximate surface area is 261 Å². The van der Waals surface area contributed by atoms with Crippen molar-refractivity contribution in [3.8, 4) is 11.5 Å². The van der Waals surface area contributed by atoms with Crippen molar-refractivity contribution in [3.05, 3.63) is 124 Å². The Kier molecular flexibility index (Phi) is 7.11. The Morgan fingerprint density at radius 1 is 0.889 bits per heavy atom. The number of ketones is 2. The molecule has 4 atom stereocenters. The zero-order valence-electron chi connectivity index (χ0n) is 25.2. The van der Waals surface area contributed by atoms with E-state index < -0.39 is 23.7 Å². The van der Waals surface area contributed by atoms with E-state index in [-0.39, 0.29) is 35.6 Å². The first-order valence-electron chi connectivity index (χ1n) is 15.4. The van der Waals surface area contributed by atoms with E-state index in [1.165, 1.54) is 17.0 Å². The third-order valence-corrected chi connectivity index (χ3v) is 9.73. The first kappa shape index (κ1) is 28.7. The molecule has 4 unspecified atom stereocenters. The summed E-state index contributed by atoms with van der Waals surface area (Å²) in [5.41, 5.74) is 4.92. The molecule has 0 bridgehead atoms. The first-order valence-corrected chi connectivity index (χ1v) is 15.4. The van der Waals surface area contributed by atoms with Gasteiger partial charge in [0.2, 0.25) is 11.8 Å². The SMILES string of the molecule is CCc1ccc(N2C(=O)C3CC=C4C(c5ccc(OCc6ccccc6)cc5O)C5=C(CC4C3C2=O)C(=O)C=C(C)C5=O)cc1. The second-order valence-electron chi connectivity index (χ2n) is 12.3. The van der Waals surface area contributed by atoms with Crippen molar-refractivity contribution in [1.29, 1.82) is 0 Å². The van der Waals surface area contributed by atoms with Crippen LogP contribution in [0.25, 0.3) is 0 Å². The summed E-state index contributed by atoms with van der Waals surface area (Å²) in [6, 6.07) is 22.1. The van der Waals surface area contributed by atoms with Gasteiger partial charge in [0.15, 0.2) is 11.6 Å². The number of phenols is 1. The number of amides is 2. The van der Waals surface area contributed by atoms with E-state index in [9.17, 15) is 24.3 Å². The summed E-state index contributed by atoms with van der Waals surface area (Å²) in [6.07, 6.45) is 4.68. The van der Waals surface area contributed by atoms with Gasteiger partial charge in [-0.05, 0) is 67.5 Å². The fourth-order valence-corrected chi connectivity index (χ4v) is 7.45. The maximum Gasteiger partial charge on any atom is 0.238 e.